The summed E-state index contributed by atoms with van der Waals surface area (Å²) in [4.78, 5) is 11.0. The molecule has 0 heterocycles. The van der Waals surface area contributed by atoms with E-state index in [1.54, 1.807) is 6.92 Å². The molecule has 0 aromatic rings. The van der Waals surface area contributed by atoms with E-state index in [-0.39, 0.29) is 17.5 Å². The van der Waals surface area contributed by atoms with Crippen molar-refractivity contribution in [1.82, 2.24) is 0 Å². The molecule has 0 aliphatic carbocycles. The van der Waals surface area contributed by atoms with Crippen molar-refractivity contribution in [1.29, 1.82) is 0 Å². The standard InChI is InChI=1S/C9H17O2/c1-7(2)11-8(10)6-9(3,4)5/h7H,1,6H2,2-5H3/t7-/m0/s1. The maximum atomic E-state index is 11.0. The second-order valence-electron chi connectivity index (χ2n) is 4.04. The van der Waals surface area contributed by atoms with Crippen molar-refractivity contribution in [3.05, 3.63) is 6.92 Å². The van der Waals surface area contributed by atoms with Crippen LogP contribution in [0.4, 0.5) is 0 Å². The molecule has 1 atom stereocenters. The lowest BCUT2D eigenvalue weighted by atomic mass is 9.92. The quantitative estimate of drug-likeness (QED) is 0.574. The summed E-state index contributed by atoms with van der Waals surface area (Å²) in [6.07, 6.45) is 0.206. The molecular formula is C9H17O2. The average Bonchev–Trinajstić information content (AvgIpc) is 1.53. The van der Waals surface area contributed by atoms with Gasteiger partial charge in [-0.15, -0.1) is 0 Å². The minimum absolute atomic E-state index is 0.00593. The number of esters is 1. The van der Waals surface area contributed by atoms with Crippen LogP contribution in [0.3, 0.4) is 0 Å². The van der Waals surface area contributed by atoms with Crippen LogP contribution in [-0.4, -0.2) is 12.1 Å². The molecule has 0 fully saturated rings. The van der Waals surface area contributed by atoms with Gasteiger partial charge in [0.15, 0.2) is 0 Å². The van der Waals surface area contributed by atoms with Crippen LogP contribution in [0.25, 0.3) is 0 Å². The third kappa shape index (κ3) is 7.37. The fourth-order valence-corrected chi connectivity index (χ4v) is 0.699. The maximum Gasteiger partial charge on any atom is 0.306 e. The van der Waals surface area contributed by atoms with Gasteiger partial charge in [-0.2, -0.15) is 0 Å². The molecule has 2 heteroatoms. The highest BCUT2D eigenvalue weighted by molar-refractivity contribution is 5.70. The first-order chi connectivity index (χ1) is 4.81. The zero-order valence-electron chi connectivity index (χ0n) is 7.81. The fourth-order valence-electron chi connectivity index (χ4n) is 0.699. The minimum Gasteiger partial charge on any atom is -0.463 e. The van der Waals surface area contributed by atoms with Gasteiger partial charge in [-0.1, -0.05) is 20.8 Å². The molecule has 0 unspecified atom stereocenters. The van der Waals surface area contributed by atoms with Gasteiger partial charge >= 0.3 is 5.97 Å². The highest BCUT2D eigenvalue weighted by atomic mass is 16.5. The Labute approximate surface area is 68.9 Å². The highest BCUT2D eigenvalue weighted by Gasteiger charge is 2.17. The Bertz CT molecular complexity index is 131. The Morgan fingerprint density at radius 3 is 2.27 bits per heavy atom. The predicted molar refractivity (Wildman–Crippen MR) is 45.0 cm³/mol. The van der Waals surface area contributed by atoms with Gasteiger partial charge in [0.05, 0.1) is 12.5 Å². The van der Waals surface area contributed by atoms with E-state index < -0.39 is 0 Å². The Morgan fingerprint density at radius 1 is 1.55 bits per heavy atom. The smallest absolute Gasteiger partial charge is 0.306 e. The van der Waals surface area contributed by atoms with Gasteiger partial charge in [0, 0.05) is 0 Å². The van der Waals surface area contributed by atoms with Gasteiger partial charge in [-0.3, -0.25) is 4.79 Å². The van der Waals surface area contributed by atoms with E-state index in [9.17, 15) is 4.79 Å². The highest BCUT2D eigenvalue weighted by Crippen LogP contribution is 2.19. The Balaban J connectivity index is 3.71. The second kappa shape index (κ2) is 3.74. The molecule has 1 radical (unpaired) electrons. The van der Waals surface area contributed by atoms with Crippen LogP contribution >= 0.6 is 0 Å². The third-order valence-electron chi connectivity index (χ3n) is 1.01. The van der Waals surface area contributed by atoms with Gasteiger partial charge in [0.25, 0.3) is 0 Å². The Kier molecular flexibility index (Phi) is 3.56. The lowest BCUT2D eigenvalue weighted by molar-refractivity contribution is -0.148. The van der Waals surface area contributed by atoms with E-state index in [0.29, 0.717) is 6.42 Å². The number of carbonyl (C=O) groups excluding carboxylic acids is 1. The predicted octanol–water partition coefficient (Wildman–Crippen LogP) is 2.19. The number of hydrogen-bond donors (Lipinski definition) is 0. The van der Waals surface area contributed by atoms with Crippen LogP contribution in [0.2, 0.25) is 0 Å². The largest absolute Gasteiger partial charge is 0.463 e. The molecule has 0 aliphatic rings. The van der Waals surface area contributed by atoms with Crippen molar-refractivity contribution in [2.75, 3.05) is 0 Å². The summed E-state index contributed by atoms with van der Waals surface area (Å²) in [5.41, 5.74) is 0.00593. The molecule has 0 N–H and O–H groups in total. The molecule has 2 nitrogen and oxygen atoms in total. The number of hydrogen-bond acceptors (Lipinski definition) is 2. The second-order valence-corrected chi connectivity index (χ2v) is 4.04. The van der Waals surface area contributed by atoms with E-state index in [4.69, 9.17) is 4.74 Å². The third-order valence-corrected chi connectivity index (χ3v) is 1.01. The van der Waals surface area contributed by atoms with Crippen molar-refractivity contribution >= 4 is 5.97 Å². The zero-order valence-corrected chi connectivity index (χ0v) is 7.81. The normalized spacial score (nSPS) is 11.8. The monoisotopic (exact) mass is 157 g/mol. The molecule has 0 rings (SSSR count). The summed E-state index contributed by atoms with van der Waals surface area (Å²) in [5.74, 6) is -0.167. The van der Waals surface area contributed by atoms with E-state index in [2.05, 4.69) is 6.92 Å². The zero-order chi connectivity index (χ0) is 9.07. The average molecular weight is 157 g/mol. The van der Waals surface area contributed by atoms with Crippen LogP contribution in [0, 0.1) is 12.3 Å². The lowest BCUT2D eigenvalue weighted by Gasteiger charge is -2.17. The van der Waals surface area contributed by atoms with Crippen LogP contribution in [0.1, 0.15) is 34.1 Å². The van der Waals surface area contributed by atoms with Gasteiger partial charge in [-0.25, -0.2) is 0 Å². The Morgan fingerprint density at radius 2 is 2.00 bits per heavy atom. The SMILES string of the molecule is [CH2][C@@H](C)OC(=O)CC(C)(C)C. The van der Waals surface area contributed by atoms with Crippen LogP contribution in [0.15, 0.2) is 0 Å². The van der Waals surface area contributed by atoms with Gasteiger partial charge < -0.3 is 4.74 Å². The van der Waals surface area contributed by atoms with E-state index in [0.717, 1.165) is 0 Å². The summed E-state index contributed by atoms with van der Waals surface area (Å²) in [7, 11) is 0. The molecule has 0 bridgehead atoms. The molecule has 0 aromatic carbocycles. The molecule has 65 valence electrons. The summed E-state index contributed by atoms with van der Waals surface area (Å²) in [6, 6.07) is 0. The van der Waals surface area contributed by atoms with Gasteiger partial charge in [0.2, 0.25) is 0 Å². The lowest BCUT2D eigenvalue weighted by Crippen LogP contribution is -2.18. The maximum absolute atomic E-state index is 11.0. The van der Waals surface area contributed by atoms with E-state index in [1.165, 1.54) is 0 Å². The van der Waals surface area contributed by atoms with Crippen LogP contribution in [0.5, 0.6) is 0 Å². The van der Waals surface area contributed by atoms with Crippen molar-refractivity contribution in [3.63, 3.8) is 0 Å². The number of rotatable bonds is 2. The van der Waals surface area contributed by atoms with Gasteiger partial charge in [0.1, 0.15) is 0 Å². The van der Waals surface area contributed by atoms with E-state index >= 15 is 0 Å². The minimum atomic E-state index is -0.246. The summed E-state index contributed by atoms with van der Waals surface area (Å²) >= 11 is 0. The molecule has 0 aliphatic heterocycles. The summed E-state index contributed by atoms with van der Waals surface area (Å²) in [6.45, 7) is 11.3. The molecule has 0 spiro atoms. The Hall–Kier alpha value is -0.530. The van der Waals surface area contributed by atoms with Crippen LogP contribution in [-0.2, 0) is 9.53 Å². The first-order valence-corrected chi connectivity index (χ1v) is 3.84. The summed E-state index contributed by atoms with van der Waals surface area (Å²) < 4.78 is 4.88. The molecule has 0 amide bonds. The van der Waals surface area contributed by atoms with Gasteiger partial charge in [-0.05, 0) is 19.3 Å². The van der Waals surface area contributed by atoms with Crippen LogP contribution < -0.4 is 0 Å². The number of ether oxygens (including phenoxy) is 1. The van der Waals surface area contributed by atoms with Crippen molar-refractivity contribution in [2.24, 2.45) is 5.41 Å². The molecule has 0 saturated heterocycles. The van der Waals surface area contributed by atoms with E-state index in [1.807, 2.05) is 20.8 Å². The number of carbonyl (C=O) groups is 1. The molecule has 11 heavy (non-hydrogen) atoms. The topological polar surface area (TPSA) is 26.3 Å². The first kappa shape index (κ1) is 10.5. The summed E-state index contributed by atoms with van der Waals surface area (Å²) in [5, 5.41) is 0. The van der Waals surface area contributed by atoms with Crippen molar-refractivity contribution in [2.45, 2.75) is 40.2 Å². The molecular weight excluding hydrogens is 140 g/mol. The van der Waals surface area contributed by atoms with Crippen molar-refractivity contribution in [3.8, 4) is 0 Å². The van der Waals surface area contributed by atoms with Crippen molar-refractivity contribution < 1.29 is 9.53 Å². The first-order valence-electron chi connectivity index (χ1n) is 3.84. The molecule has 0 aromatic heterocycles. The molecule has 0 saturated carbocycles. The fraction of sp³-hybridized carbons (Fsp3) is 0.778.